The van der Waals surface area contributed by atoms with Crippen LogP contribution in [0.5, 0.6) is 0 Å². The number of fused-ring (bicyclic) bond motifs is 1. The van der Waals surface area contributed by atoms with Crippen LogP contribution in [0.25, 0.3) is 22.4 Å². The number of imidazole rings is 1. The minimum Gasteiger partial charge on any atom is -0.368 e. The molecular weight excluding hydrogens is 482 g/mol. The Bertz CT molecular complexity index is 1430. The Hall–Kier alpha value is -3.70. The lowest BCUT2D eigenvalue weighted by Gasteiger charge is -2.37. The smallest absolute Gasteiger partial charge is 0.320 e. The molecule has 5 rings (SSSR count). The molecule has 3 heterocycles. The Balaban J connectivity index is 1.37. The van der Waals surface area contributed by atoms with Gasteiger partial charge in [-0.25, -0.2) is 9.97 Å². The van der Waals surface area contributed by atoms with Crippen LogP contribution >= 0.6 is 11.6 Å². The molecule has 36 heavy (non-hydrogen) atoms. The number of para-hydroxylation sites is 2. The highest BCUT2D eigenvalue weighted by molar-refractivity contribution is 6.33. The van der Waals surface area contributed by atoms with Gasteiger partial charge in [0.15, 0.2) is 0 Å². The highest BCUT2D eigenvalue weighted by Crippen LogP contribution is 2.36. The van der Waals surface area contributed by atoms with Gasteiger partial charge >= 0.3 is 6.55 Å². The molecule has 2 aromatic carbocycles. The van der Waals surface area contributed by atoms with Crippen LogP contribution in [-0.4, -0.2) is 40.7 Å². The fraction of sp³-hybridized carbons (Fsp3) is 0.296. The van der Waals surface area contributed by atoms with E-state index < -0.39 is 12.0 Å². The molecule has 0 N–H and O–H groups in total. The highest BCUT2D eigenvalue weighted by Gasteiger charge is 2.24. The number of nitrogens with zero attached hydrogens (tertiary/aromatic N) is 6. The number of rotatable bonds is 5. The molecule has 4 aromatic rings. The molecule has 0 radical (unpaired) electrons. The van der Waals surface area contributed by atoms with Crippen LogP contribution in [0, 0.1) is 11.3 Å². The molecule has 6 nitrogen and oxygen atoms in total. The van der Waals surface area contributed by atoms with Gasteiger partial charge in [0, 0.05) is 43.6 Å². The second-order valence-electron chi connectivity index (χ2n) is 9.35. The van der Waals surface area contributed by atoms with Crippen molar-refractivity contribution in [3.05, 3.63) is 71.4 Å². The van der Waals surface area contributed by atoms with Gasteiger partial charge in [0.1, 0.15) is 11.6 Å². The maximum Gasteiger partial charge on any atom is 0.320 e. The molecule has 0 spiro atoms. The van der Waals surface area contributed by atoms with Crippen molar-refractivity contribution in [2.75, 3.05) is 36.0 Å². The molecule has 2 aromatic heterocycles. The number of nitriles is 1. The van der Waals surface area contributed by atoms with Crippen molar-refractivity contribution in [1.29, 1.82) is 5.26 Å². The molecule has 0 bridgehead atoms. The molecule has 0 saturated carbocycles. The monoisotopic (exact) mass is 506 g/mol. The second-order valence-corrected chi connectivity index (χ2v) is 9.76. The van der Waals surface area contributed by atoms with Crippen LogP contribution < -0.4 is 9.80 Å². The number of anilines is 2. The Morgan fingerprint density at radius 1 is 1.00 bits per heavy atom. The summed E-state index contributed by atoms with van der Waals surface area (Å²) in [5.74, 6) is 1.02. The molecule has 0 atom stereocenters. The van der Waals surface area contributed by atoms with Gasteiger partial charge in [-0.05, 0) is 55.8 Å². The number of benzene rings is 2. The molecule has 0 aliphatic carbocycles. The summed E-state index contributed by atoms with van der Waals surface area (Å²) < 4.78 is 29.0. The summed E-state index contributed by atoms with van der Waals surface area (Å²) in [6.45, 7) is 3.98. The average molecular weight is 507 g/mol. The van der Waals surface area contributed by atoms with Gasteiger partial charge in [0.05, 0.1) is 27.5 Å². The van der Waals surface area contributed by atoms with E-state index in [1.54, 1.807) is 36.5 Å². The first-order valence-electron chi connectivity index (χ1n) is 11.7. The third-order valence-corrected chi connectivity index (χ3v) is 7.03. The van der Waals surface area contributed by atoms with Gasteiger partial charge in [-0.15, -0.1) is 0 Å². The number of piperazine rings is 1. The van der Waals surface area contributed by atoms with E-state index in [1.807, 2.05) is 38.1 Å². The van der Waals surface area contributed by atoms with Gasteiger partial charge in [-0.1, -0.05) is 29.8 Å². The van der Waals surface area contributed by atoms with Gasteiger partial charge < -0.3 is 9.80 Å². The maximum absolute atomic E-state index is 14.0. The highest BCUT2D eigenvalue weighted by atomic mass is 35.5. The van der Waals surface area contributed by atoms with Crippen molar-refractivity contribution in [2.24, 2.45) is 0 Å². The summed E-state index contributed by atoms with van der Waals surface area (Å²) in [4.78, 5) is 13.5. The first-order chi connectivity index (χ1) is 17.3. The van der Waals surface area contributed by atoms with E-state index in [9.17, 15) is 14.0 Å². The summed E-state index contributed by atoms with van der Waals surface area (Å²) >= 11 is 6.48. The Labute approximate surface area is 213 Å². The van der Waals surface area contributed by atoms with Crippen LogP contribution in [0.15, 0.2) is 60.8 Å². The standard InChI is InChI=1S/C27H25ClF2N6/c1-27(2,17-31)18-7-10-24(32-16-18)35-13-11-34(12-14-35)19-8-9-21(28)20(15-19)25-33-22-5-3-4-6-23(22)36(25)26(29)30/h3-10,15-16,26H,11-14H2,1-2H3. The topological polar surface area (TPSA) is 61.0 Å². The van der Waals surface area contributed by atoms with Crippen LogP contribution in [0.2, 0.25) is 5.02 Å². The zero-order valence-electron chi connectivity index (χ0n) is 20.0. The van der Waals surface area contributed by atoms with Gasteiger partial charge in [0.2, 0.25) is 0 Å². The molecule has 1 saturated heterocycles. The van der Waals surface area contributed by atoms with Crippen molar-refractivity contribution >= 4 is 34.1 Å². The minimum absolute atomic E-state index is 0.154. The van der Waals surface area contributed by atoms with Crippen LogP contribution in [-0.2, 0) is 5.41 Å². The predicted molar refractivity (Wildman–Crippen MR) is 139 cm³/mol. The van der Waals surface area contributed by atoms with Gasteiger partial charge in [0.25, 0.3) is 0 Å². The predicted octanol–water partition coefficient (Wildman–Crippen LogP) is 6.27. The molecule has 0 amide bonds. The van der Waals surface area contributed by atoms with Crippen molar-refractivity contribution in [3.63, 3.8) is 0 Å². The summed E-state index contributed by atoms with van der Waals surface area (Å²) in [6, 6.07) is 18.6. The summed E-state index contributed by atoms with van der Waals surface area (Å²) in [7, 11) is 0. The van der Waals surface area contributed by atoms with E-state index >= 15 is 0 Å². The summed E-state index contributed by atoms with van der Waals surface area (Å²) in [6.07, 6.45) is 1.77. The third-order valence-electron chi connectivity index (χ3n) is 6.70. The van der Waals surface area contributed by atoms with Gasteiger partial charge in [-0.3, -0.25) is 4.57 Å². The van der Waals surface area contributed by atoms with E-state index in [0.29, 0.717) is 21.6 Å². The first kappa shape index (κ1) is 24.0. The summed E-state index contributed by atoms with van der Waals surface area (Å²) in [5.41, 5.74) is 2.55. The molecule has 184 valence electrons. The van der Waals surface area contributed by atoms with Crippen molar-refractivity contribution in [3.8, 4) is 17.5 Å². The lowest BCUT2D eigenvalue weighted by atomic mass is 9.88. The third kappa shape index (κ3) is 4.35. The fourth-order valence-corrected chi connectivity index (χ4v) is 4.72. The normalized spacial score (nSPS) is 14.5. The van der Waals surface area contributed by atoms with Crippen LogP contribution in [0.3, 0.4) is 0 Å². The Morgan fingerprint density at radius 2 is 1.72 bits per heavy atom. The van der Waals surface area contributed by atoms with Crippen molar-refractivity contribution in [2.45, 2.75) is 25.8 Å². The SMILES string of the molecule is CC(C)(C#N)c1ccc(N2CCN(c3ccc(Cl)c(-c4nc5ccccc5n4C(F)F)c3)CC2)nc1. The number of hydrogen-bond donors (Lipinski definition) is 0. The van der Waals surface area contributed by atoms with E-state index in [4.69, 9.17) is 11.6 Å². The van der Waals surface area contributed by atoms with Gasteiger partial charge in [-0.2, -0.15) is 14.0 Å². The first-order valence-corrected chi connectivity index (χ1v) is 12.1. The van der Waals surface area contributed by atoms with Crippen molar-refractivity contribution in [1.82, 2.24) is 14.5 Å². The maximum atomic E-state index is 14.0. The average Bonchev–Trinajstić information content (AvgIpc) is 3.29. The molecule has 1 fully saturated rings. The quantitative estimate of drug-likeness (QED) is 0.319. The lowest BCUT2D eigenvalue weighted by molar-refractivity contribution is 0.0764. The number of pyridine rings is 1. The largest absolute Gasteiger partial charge is 0.368 e. The zero-order valence-corrected chi connectivity index (χ0v) is 20.8. The molecule has 1 aliphatic heterocycles. The second kappa shape index (κ2) is 9.40. The summed E-state index contributed by atoms with van der Waals surface area (Å²) in [5, 5.41) is 9.72. The Kier molecular flexibility index (Phi) is 6.27. The lowest BCUT2D eigenvalue weighted by Crippen LogP contribution is -2.46. The van der Waals surface area contributed by atoms with E-state index in [0.717, 1.165) is 47.8 Å². The van der Waals surface area contributed by atoms with Crippen LogP contribution in [0.1, 0.15) is 26.0 Å². The van der Waals surface area contributed by atoms with Crippen LogP contribution in [0.4, 0.5) is 20.3 Å². The molecule has 1 aliphatic rings. The number of halogens is 3. The molecule has 0 unspecified atom stereocenters. The number of alkyl halides is 2. The van der Waals surface area contributed by atoms with Crippen molar-refractivity contribution < 1.29 is 8.78 Å². The van der Waals surface area contributed by atoms with E-state index in [2.05, 4.69) is 25.8 Å². The zero-order chi connectivity index (χ0) is 25.4. The minimum atomic E-state index is -2.74. The molecule has 9 heteroatoms. The Morgan fingerprint density at radius 3 is 2.39 bits per heavy atom. The number of hydrogen-bond acceptors (Lipinski definition) is 5. The fourth-order valence-electron chi connectivity index (χ4n) is 4.51. The molecular formula is C27H25ClF2N6. The van der Waals surface area contributed by atoms with E-state index in [-0.39, 0.29) is 5.82 Å². The number of aromatic nitrogens is 3. The van der Waals surface area contributed by atoms with E-state index in [1.165, 1.54) is 0 Å².